The van der Waals surface area contributed by atoms with E-state index >= 15 is 0 Å². The molecule has 6 rings (SSSR count). The number of aromatic nitrogens is 4. The zero-order valence-electron chi connectivity index (χ0n) is 23.6. The molecule has 4 N–H and O–H groups in total. The lowest BCUT2D eigenvalue weighted by Gasteiger charge is -2.27. The van der Waals surface area contributed by atoms with Gasteiger partial charge in [0.2, 0.25) is 5.95 Å². The first-order valence-corrected chi connectivity index (χ1v) is 14.2. The lowest BCUT2D eigenvalue weighted by atomic mass is 10.0. The normalized spacial score (nSPS) is 15.7. The molecule has 2 fully saturated rings. The number of benzene rings is 2. The number of carbonyl (C=O) groups excluding carboxylic acids is 1. The second-order valence-corrected chi connectivity index (χ2v) is 10.9. The zero-order valence-corrected chi connectivity index (χ0v) is 23.6. The van der Waals surface area contributed by atoms with E-state index < -0.39 is 17.6 Å². The molecule has 13 heteroatoms. The summed E-state index contributed by atoms with van der Waals surface area (Å²) in [6, 6.07) is 11.1. The number of hydrogen-bond acceptors (Lipinski definition) is 8. The Morgan fingerprint density at radius 3 is 2.63 bits per heavy atom. The van der Waals surface area contributed by atoms with Crippen LogP contribution in [0.15, 0.2) is 61.2 Å². The van der Waals surface area contributed by atoms with Crippen LogP contribution in [0.1, 0.15) is 39.9 Å². The van der Waals surface area contributed by atoms with Crippen LogP contribution in [0.25, 0.3) is 5.82 Å². The molecule has 2 aromatic heterocycles. The summed E-state index contributed by atoms with van der Waals surface area (Å²) in [7, 11) is 0. The maximum Gasteiger partial charge on any atom is 0.416 e. The van der Waals surface area contributed by atoms with E-state index in [2.05, 4.69) is 41.1 Å². The number of hydrogen-bond donors (Lipinski definition) is 4. The molecule has 2 aliphatic rings. The quantitative estimate of drug-likeness (QED) is 0.216. The van der Waals surface area contributed by atoms with Gasteiger partial charge in [-0.2, -0.15) is 13.2 Å². The van der Waals surface area contributed by atoms with Crippen molar-refractivity contribution in [2.75, 3.05) is 42.1 Å². The number of halogens is 3. The highest BCUT2D eigenvalue weighted by molar-refractivity contribution is 6.04. The second-order valence-electron chi connectivity index (χ2n) is 10.9. The van der Waals surface area contributed by atoms with Crippen molar-refractivity contribution in [1.29, 1.82) is 0 Å². The maximum absolute atomic E-state index is 13.7. The molecule has 0 spiro atoms. The van der Waals surface area contributed by atoms with Crippen LogP contribution in [0.5, 0.6) is 0 Å². The third kappa shape index (κ3) is 7.12. The van der Waals surface area contributed by atoms with Crippen LogP contribution in [-0.2, 0) is 12.7 Å². The highest BCUT2D eigenvalue weighted by atomic mass is 19.4. The van der Waals surface area contributed by atoms with Crippen molar-refractivity contribution in [3.8, 4) is 5.82 Å². The Kier molecular flexibility index (Phi) is 8.00. The first kappa shape index (κ1) is 28.6. The van der Waals surface area contributed by atoms with E-state index in [0.29, 0.717) is 41.3 Å². The molecule has 1 aliphatic carbocycles. The Morgan fingerprint density at radius 2 is 1.86 bits per heavy atom. The highest BCUT2D eigenvalue weighted by Crippen LogP contribution is 2.32. The van der Waals surface area contributed by atoms with Crippen molar-refractivity contribution in [2.45, 2.75) is 38.5 Å². The van der Waals surface area contributed by atoms with E-state index in [1.54, 1.807) is 29.1 Å². The number of rotatable bonds is 9. The van der Waals surface area contributed by atoms with Gasteiger partial charge in [0.1, 0.15) is 18.0 Å². The molecule has 224 valence electrons. The molecular formula is C30H32F3N9O. The van der Waals surface area contributed by atoms with Crippen LogP contribution in [-0.4, -0.2) is 62.5 Å². The van der Waals surface area contributed by atoms with Crippen molar-refractivity contribution in [2.24, 2.45) is 0 Å². The van der Waals surface area contributed by atoms with Crippen LogP contribution in [0.2, 0.25) is 0 Å². The van der Waals surface area contributed by atoms with Crippen molar-refractivity contribution < 1.29 is 18.0 Å². The predicted octanol–water partition coefficient (Wildman–Crippen LogP) is 4.96. The monoisotopic (exact) mass is 591 g/mol. The van der Waals surface area contributed by atoms with Crippen molar-refractivity contribution >= 4 is 29.0 Å². The third-order valence-corrected chi connectivity index (χ3v) is 7.41. The van der Waals surface area contributed by atoms with E-state index in [0.717, 1.165) is 62.5 Å². The van der Waals surface area contributed by atoms with Gasteiger partial charge in [0.05, 0.1) is 5.56 Å². The average molecular weight is 592 g/mol. The Balaban J connectivity index is 1.21. The van der Waals surface area contributed by atoms with Crippen LogP contribution in [0.3, 0.4) is 0 Å². The van der Waals surface area contributed by atoms with E-state index in [4.69, 9.17) is 0 Å². The molecule has 4 aromatic rings. The fourth-order valence-electron chi connectivity index (χ4n) is 4.94. The summed E-state index contributed by atoms with van der Waals surface area (Å²) >= 11 is 0. The molecule has 1 saturated carbocycles. The number of anilines is 4. The van der Waals surface area contributed by atoms with E-state index in [1.807, 2.05) is 19.1 Å². The number of nitrogens with zero attached hydrogens (tertiary/aromatic N) is 5. The maximum atomic E-state index is 13.7. The molecule has 1 saturated heterocycles. The summed E-state index contributed by atoms with van der Waals surface area (Å²) in [6.07, 6.45) is 2.58. The summed E-state index contributed by atoms with van der Waals surface area (Å²) in [5.41, 5.74) is 1.52. The van der Waals surface area contributed by atoms with E-state index in [-0.39, 0.29) is 5.56 Å². The number of amides is 1. The lowest BCUT2D eigenvalue weighted by Crippen LogP contribution is -2.42. The van der Waals surface area contributed by atoms with Gasteiger partial charge in [-0.3, -0.25) is 14.3 Å². The molecule has 0 radical (unpaired) electrons. The zero-order chi connectivity index (χ0) is 30.0. The average Bonchev–Trinajstić information content (AvgIpc) is 3.68. The van der Waals surface area contributed by atoms with Gasteiger partial charge < -0.3 is 21.3 Å². The van der Waals surface area contributed by atoms with Crippen molar-refractivity contribution in [1.82, 2.24) is 29.7 Å². The Labute approximate surface area is 246 Å². The van der Waals surface area contributed by atoms with Gasteiger partial charge in [-0.05, 0) is 61.2 Å². The fourth-order valence-corrected chi connectivity index (χ4v) is 4.94. The van der Waals surface area contributed by atoms with Gasteiger partial charge in [-0.1, -0.05) is 6.07 Å². The summed E-state index contributed by atoms with van der Waals surface area (Å²) in [5, 5.41) is 12.6. The summed E-state index contributed by atoms with van der Waals surface area (Å²) in [5.74, 6) is 1.24. The number of piperazine rings is 1. The van der Waals surface area contributed by atoms with Gasteiger partial charge in [-0.15, -0.1) is 0 Å². The lowest BCUT2D eigenvalue weighted by molar-refractivity contribution is -0.137. The first-order valence-electron chi connectivity index (χ1n) is 14.2. The van der Waals surface area contributed by atoms with Gasteiger partial charge in [0, 0.05) is 74.2 Å². The molecule has 0 atom stereocenters. The van der Waals surface area contributed by atoms with Crippen molar-refractivity contribution in [3.63, 3.8) is 0 Å². The minimum Gasteiger partial charge on any atom is -0.367 e. The number of nitrogens with one attached hydrogen (secondary N) is 4. The number of imidazole rings is 1. The molecule has 0 bridgehead atoms. The molecule has 1 aliphatic heterocycles. The molecule has 1 amide bonds. The standard InChI is InChI=1S/C30H32F3N9O/c1-19-2-3-24(15-25(19)40-29-35-8-11-42(29)27-16-26(36-18-37-27)38-23-4-5-23)39-28(43)21-12-20(13-22(14-21)30(31,32)33)17-41-9-6-34-7-10-41/h2-3,8,11-16,18,23,34H,4-7,9-10,17H2,1H3,(H,35,40)(H,39,43)(H,36,37,38). The van der Waals surface area contributed by atoms with Gasteiger partial charge in [0.25, 0.3) is 5.91 Å². The van der Waals surface area contributed by atoms with Crippen LogP contribution < -0.4 is 21.3 Å². The van der Waals surface area contributed by atoms with Gasteiger partial charge in [0.15, 0.2) is 0 Å². The topological polar surface area (TPSA) is 112 Å². The van der Waals surface area contributed by atoms with Crippen LogP contribution in [0, 0.1) is 6.92 Å². The van der Waals surface area contributed by atoms with Gasteiger partial charge >= 0.3 is 6.18 Å². The summed E-state index contributed by atoms with van der Waals surface area (Å²) < 4.78 is 43.0. The fraction of sp³-hybridized carbons (Fsp3) is 0.333. The summed E-state index contributed by atoms with van der Waals surface area (Å²) in [6.45, 7) is 5.23. The van der Waals surface area contributed by atoms with Crippen LogP contribution >= 0.6 is 0 Å². The number of carbonyl (C=O) groups is 1. The third-order valence-electron chi connectivity index (χ3n) is 7.41. The number of alkyl halides is 3. The second kappa shape index (κ2) is 12.0. The number of aryl methyl sites for hydroxylation is 1. The van der Waals surface area contributed by atoms with Crippen LogP contribution in [0.4, 0.5) is 36.3 Å². The largest absolute Gasteiger partial charge is 0.416 e. The van der Waals surface area contributed by atoms with Gasteiger partial charge in [-0.25, -0.2) is 15.0 Å². The molecule has 2 aromatic carbocycles. The predicted molar refractivity (Wildman–Crippen MR) is 158 cm³/mol. The molecule has 0 unspecified atom stereocenters. The minimum atomic E-state index is -4.57. The van der Waals surface area contributed by atoms with Crippen molar-refractivity contribution in [3.05, 3.63) is 83.4 Å². The molecule has 3 heterocycles. The minimum absolute atomic E-state index is 0.0510. The highest BCUT2D eigenvalue weighted by Gasteiger charge is 2.32. The van der Waals surface area contributed by atoms with E-state index in [1.165, 1.54) is 12.4 Å². The Morgan fingerprint density at radius 1 is 1.05 bits per heavy atom. The summed E-state index contributed by atoms with van der Waals surface area (Å²) in [4.78, 5) is 28.4. The smallest absolute Gasteiger partial charge is 0.367 e. The Hall–Kier alpha value is -4.49. The molecular weight excluding hydrogens is 559 g/mol. The first-order chi connectivity index (χ1) is 20.7. The Bertz CT molecular complexity index is 1610. The molecule has 43 heavy (non-hydrogen) atoms. The SMILES string of the molecule is Cc1ccc(NC(=O)c2cc(CN3CCNCC3)cc(C(F)(F)F)c2)cc1Nc1nccn1-c1cc(NC2CC2)ncn1. The molecule has 10 nitrogen and oxygen atoms in total. The van der Waals surface area contributed by atoms with E-state index in [9.17, 15) is 18.0 Å².